The van der Waals surface area contributed by atoms with Crippen molar-refractivity contribution >= 4 is 0 Å². The van der Waals surface area contributed by atoms with Gasteiger partial charge in [0.2, 0.25) is 0 Å². The largest absolute Gasteiger partial charge is 0.381 e. The van der Waals surface area contributed by atoms with Crippen LogP contribution in [0.1, 0.15) is 72.1 Å². The minimum Gasteiger partial charge on any atom is -0.381 e. The molecule has 0 spiro atoms. The zero-order valence-corrected chi connectivity index (χ0v) is 16.0. The molecule has 0 aromatic rings. The Balaban J connectivity index is 1.77. The maximum Gasteiger partial charge on any atom is 0.0776 e. The van der Waals surface area contributed by atoms with E-state index in [-0.39, 0.29) is 6.10 Å². The van der Waals surface area contributed by atoms with Gasteiger partial charge in [-0.05, 0) is 75.5 Å². The van der Waals surface area contributed by atoms with Gasteiger partial charge in [-0.2, -0.15) is 0 Å². The van der Waals surface area contributed by atoms with Crippen molar-refractivity contribution in [3.8, 4) is 0 Å². The second-order valence-corrected chi connectivity index (χ2v) is 8.38. The predicted molar refractivity (Wildman–Crippen MR) is 94.7 cm³/mol. The molecule has 3 nitrogen and oxygen atoms in total. The van der Waals surface area contributed by atoms with Gasteiger partial charge in [-0.1, -0.05) is 13.8 Å². The van der Waals surface area contributed by atoms with Crippen molar-refractivity contribution in [1.82, 2.24) is 0 Å². The summed E-state index contributed by atoms with van der Waals surface area (Å²) in [6, 6.07) is 0. The van der Waals surface area contributed by atoms with Gasteiger partial charge >= 0.3 is 0 Å². The minimum atomic E-state index is 0.208. The van der Waals surface area contributed by atoms with Gasteiger partial charge in [0.15, 0.2) is 0 Å². The van der Waals surface area contributed by atoms with Crippen LogP contribution < -0.4 is 0 Å². The van der Waals surface area contributed by atoms with Crippen LogP contribution in [0.5, 0.6) is 0 Å². The van der Waals surface area contributed by atoms with Crippen LogP contribution in [-0.2, 0) is 14.2 Å². The predicted octanol–water partition coefficient (Wildman–Crippen LogP) is 4.83. The molecule has 3 heteroatoms. The van der Waals surface area contributed by atoms with Crippen molar-refractivity contribution in [3.05, 3.63) is 0 Å². The SMILES string of the molecule is COC(C)COC1CCC(C(C)(C)C2CCC(OC)CC2)CC1. The third-order valence-electron chi connectivity index (χ3n) is 6.76. The molecule has 2 rings (SSSR count). The Morgan fingerprint density at radius 1 is 0.826 bits per heavy atom. The highest BCUT2D eigenvalue weighted by Gasteiger charge is 2.40. The number of methoxy groups -OCH3 is 2. The second kappa shape index (κ2) is 8.82. The third-order valence-corrected chi connectivity index (χ3v) is 6.76. The summed E-state index contributed by atoms with van der Waals surface area (Å²) in [7, 11) is 3.62. The summed E-state index contributed by atoms with van der Waals surface area (Å²) in [5.74, 6) is 1.72. The van der Waals surface area contributed by atoms with E-state index in [0.29, 0.717) is 17.6 Å². The standard InChI is InChI=1S/C20H38O3/c1-15(21-4)14-23-19-12-8-17(9-13-19)20(2,3)16-6-10-18(22-5)11-7-16/h15-19H,6-14H2,1-5H3. The van der Waals surface area contributed by atoms with E-state index in [9.17, 15) is 0 Å². The number of hydrogen-bond acceptors (Lipinski definition) is 3. The van der Waals surface area contributed by atoms with Gasteiger partial charge in [0.05, 0.1) is 24.9 Å². The average Bonchev–Trinajstić information content (AvgIpc) is 2.60. The van der Waals surface area contributed by atoms with E-state index >= 15 is 0 Å². The number of hydrogen-bond donors (Lipinski definition) is 0. The number of rotatable bonds is 7. The average molecular weight is 327 g/mol. The molecule has 1 unspecified atom stereocenters. The van der Waals surface area contributed by atoms with Gasteiger partial charge in [-0.3, -0.25) is 0 Å². The summed E-state index contributed by atoms with van der Waals surface area (Å²) in [6.07, 6.45) is 11.4. The van der Waals surface area contributed by atoms with Crippen LogP contribution in [0.3, 0.4) is 0 Å². The molecule has 2 aliphatic carbocycles. The van der Waals surface area contributed by atoms with E-state index in [1.165, 1.54) is 51.4 Å². The maximum atomic E-state index is 6.03. The van der Waals surface area contributed by atoms with E-state index in [2.05, 4.69) is 20.8 Å². The fraction of sp³-hybridized carbons (Fsp3) is 1.00. The zero-order chi connectivity index (χ0) is 16.9. The second-order valence-electron chi connectivity index (χ2n) is 8.38. The Hall–Kier alpha value is -0.120. The summed E-state index contributed by atoms with van der Waals surface area (Å²) in [5.41, 5.74) is 0.462. The Kier molecular flexibility index (Phi) is 7.37. The van der Waals surface area contributed by atoms with E-state index in [1.54, 1.807) is 7.11 Å². The van der Waals surface area contributed by atoms with Crippen LogP contribution in [0.4, 0.5) is 0 Å². The fourth-order valence-electron chi connectivity index (χ4n) is 4.69. The summed E-state index contributed by atoms with van der Waals surface area (Å²) in [6.45, 7) is 7.84. The smallest absolute Gasteiger partial charge is 0.0776 e. The highest BCUT2D eigenvalue weighted by Crippen LogP contribution is 2.48. The van der Waals surface area contributed by atoms with Gasteiger partial charge in [0.25, 0.3) is 0 Å². The Morgan fingerprint density at radius 2 is 1.30 bits per heavy atom. The molecule has 2 saturated carbocycles. The van der Waals surface area contributed by atoms with E-state index in [4.69, 9.17) is 14.2 Å². The van der Waals surface area contributed by atoms with Crippen LogP contribution in [0.25, 0.3) is 0 Å². The molecule has 0 aromatic heterocycles. The monoisotopic (exact) mass is 326 g/mol. The quantitative estimate of drug-likeness (QED) is 0.671. The van der Waals surface area contributed by atoms with Crippen LogP contribution in [0, 0.1) is 17.3 Å². The third kappa shape index (κ3) is 5.17. The maximum absolute atomic E-state index is 6.03. The van der Waals surface area contributed by atoms with Crippen LogP contribution >= 0.6 is 0 Å². The Morgan fingerprint density at radius 3 is 1.74 bits per heavy atom. The van der Waals surface area contributed by atoms with Crippen molar-refractivity contribution in [2.75, 3.05) is 20.8 Å². The molecule has 0 N–H and O–H groups in total. The van der Waals surface area contributed by atoms with Crippen LogP contribution in [0.2, 0.25) is 0 Å². The van der Waals surface area contributed by atoms with E-state index in [0.717, 1.165) is 18.4 Å². The molecule has 2 aliphatic rings. The fourth-order valence-corrected chi connectivity index (χ4v) is 4.69. The van der Waals surface area contributed by atoms with Crippen molar-refractivity contribution in [3.63, 3.8) is 0 Å². The minimum absolute atomic E-state index is 0.208. The lowest BCUT2D eigenvalue weighted by molar-refractivity contribution is -0.0543. The first-order chi connectivity index (χ1) is 11.0. The van der Waals surface area contributed by atoms with Crippen LogP contribution in [0.15, 0.2) is 0 Å². The lowest BCUT2D eigenvalue weighted by atomic mass is 9.60. The summed E-state index contributed by atoms with van der Waals surface area (Å²) >= 11 is 0. The van der Waals surface area contributed by atoms with E-state index < -0.39 is 0 Å². The van der Waals surface area contributed by atoms with Gasteiger partial charge < -0.3 is 14.2 Å². The molecule has 0 saturated heterocycles. The summed E-state index contributed by atoms with van der Waals surface area (Å²) in [4.78, 5) is 0. The highest BCUT2D eigenvalue weighted by molar-refractivity contribution is 4.91. The van der Waals surface area contributed by atoms with Crippen LogP contribution in [-0.4, -0.2) is 39.1 Å². The number of ether oxygens (including phenoxy) is 3. The molecule has 1 atom stereocenters. The van der Waals surface area contributed by atoms with Gasteiger partial charge in [-0.15, -0.1) is 0 Å². The molecule has 2 fully saturated rings. The Bertz CT molecular complexity index is 326. The van der Waals surface area contributed by atoms with Gasteiger partial charge in [0, 0.05) is 14.2 Å². The van der Waals surface area contributed by atoms with E-state index in [1.807, 2.05) is 7.11 Å². The lowest BCUT2D eigenvalue weighted by Gasteiger charge is -2.46. The first kappa shape index (κ1) is 19.2. The molecule has 23 heavy (non-hydrogen) atoms. The summed E-state index contributed by atoms with van der Waals surface area (Å²) < 4.78 is 16.8. The summed E-state index contributed by atoms with van der Waals surface area (Å²) in [5, 5.41) is 0. The van der Waals surface area contributed by atoms with Gasteiger partial charge in [0.1, 0.15) is 0 Å². The molecular formula is C20H38O3. The first-order valence-electron chi connectivity index (χ1n) is 9.64. The molecule has 0 aromatic carbocycles. The molecule has 0 amide bonds. The molecule has 136 valence electrons. The normalized spacial score (nSPS) is 34.3. The molecule has 0 aliphatic heterocycles. The molecule has 0 radical (unpaired) electrons. The van der Waals surface area contributed by atoms with Crippen molar-refractivity contribution < 1.29 is 14.2 Å². The topological polar surface area (TPSA) is 27.7 Å². The van der Waals surface area contributed by atoms with Crippen molar-refractivity contribution in [2.24, 2.45) is 17.3 Å². The van der Waals surface area contributed by atoms with Crippen molar-refractivity contribution in [1.29, 1.82) is 0 Å². The molecule has 0 bridgehead atoms. The zero-order valence-electron chi connectivity index (χ0n) is 16.0. The molecule has 0 heterocycles. The lowest BCUT2D eigenvalue weighted by Crippen LogP contribution is -2.39. The molecular weight excluding hydrogens is 288 g/mol. The first-order valence-corrected chi connectivity index (χ1v) is 9.64. The van der Waals surface area contributed by atoms with Gasteiger partial charge in [-0.25, -0.2) is 0 Å². The van der Waals surface area contributed by atoms with Crippen molar-refractivity contribution in [2.45, 2.75) is 90.4 Å². The highest BCUT2D eigenvalue weighted by atomic mass is 16.5. The Labute approximate surface area is 143 Å².